The molecule has 0 bridgehead atoms. The van der Waals surface area contributed by atoms with Crippen LogP contribution < -0.4 is 0 Å². The molecule has 1 aliphatic rings. The van der Waals surface area contributed by atoms with Crippen molar-refractivity contribution in [2.75, 3.05) is 6.26 Å². The molecule has 0 unspecified atom stereocenters. The third-order valence-electron chi connectivity index (χ3n) is 2.19. The molecule has 0 saturated heterocycles. The van der Waals surface area contributed by atoms with E-state index in [0.717, 1.165) is 11.1 Å². The van der Waals surface area contributed by atoms with Gasteiger partial charge in [-0.3, -0.25) is 4.79 Å². The molecule has 0 atom stereocenters. The smallest absolute Gasteiger partial charge is 0.167 e. The van der Waals surface area contributed by atoms with Gasteiger partial charge in [0.25, 0.3) is 0 Å². The third kappa shape index (κ3) is 1.42. The molecule has 13 heavy (non-hydrogen) atoms. The van der Waals surface area contributed by atoms with Gasteiger partial charge in [0, 0.05) is 16.9 Å². The summed E-state index contributed by atoms with van der Waals surface area (Å²) in [4.78, 5) is 12.7. The van der Waals surface area contributed by atoms with E-state index in [1.807, 2.05) is 36.6 Å². The van der Waals surface area contributed by atoms with E-state index in [0.29, 0.717) is 6.42 Å². The second-order valence-corrected chi connectivity index (χ2v) is 3.79. The molecule has 1 nitrogen and oxygen atoms in total. The number of carbonyl (C=O) groups is 1. The highest BCUT2D eigenvalue weighted by Crippen LogP contribution is 2.32. The highest BCUT2D eigenvalue weighted by Gasteiger charge is 2.17. The van der Waals surface area contributed by atoms with Gasteiger partial charge in [0.05, 0.1) is 0 Å². The van der Waals surface area contributed by atoms with Gasteiger partial charge in [0.15, 0.2) is 5.78 Å². The minimum Gasteiger partial charge on any atom is -0.294 e. The molecule has 2 heteroatoms. The number of hydrogen-bond acceptors (Lipinski definition) is 2. The van der Waals surface area contributed by atoms with Gasteiger partial charge < -0.3 is 0 Å². The van der Waals surface area contributed by atoms with E-state index in [1.54, 1.807) is 11.8 Å². The Balaban J connectivity index is 2.58. The molecule has 0 aliphatic heterocycles. The Morgan fingerprint density at radius 2 is 1.92 bits per heavy atom. The Morgan fingerprint density at radius 1 is 1.23 bits per heavy atom. The van der Waals surface area contributed by atoms with Gasteiger partial charge >= 0.3 is 0 Å². The van der Waals surface area contributed by atoms with E-state index >= 15 is 0 Å². The maximum Gasteiger partial charge on any atom is 0.167 e. The Bertz CT molecular complexity index is 379. The summed E-state index contributed by atoms with van der Waals surface area (Å²) < 4.78 is 0. The van der Waals surface area contributed by atoms with Crippen LogP contribution in [0.5, 0.6) is 0 Å². The zero-order chi connectivity index (χ0) is 9.26. The third-order valence-corrected chi connectivity index (χ3v) is 3.01. The van der Waals surface area contributed by atoms with E-state index < -0.39 is 0 Å². The van der Waals surface area contributed by atoms with E-state index in [-0.39, 0.29) is 5.78 Å². The summed E-state index contributed by atoms with van der Waals surface area (Å²) in [7, 11) is 0. The van der Waals surface area contributed by atoms with Gasteiger partial charge in [-0.1, -0.05) is 30.3 Å². The van der Waals surface area contributed by atoms with Crippen LogP contribution in [0.25, 0.3) is 4.91 Å². The van der Waals surface area contributed by atoms with Crippen LogP contribution >= 0.6 is 11.8 Å². The average molecular weight is 190 g/mol. The lowest BCUT2D eigenvalue weighted by atomic mass is 9.96. The van der Waals surface area contributed by atoms with Crippen molar-refractivity contribution in [2.45, 2.75) is 6.42 Å². The highest BCUT2D eigenvalue weighted by molar-refractivity contribution is 8.07. The van der Waals surface area contributed by atoms with E-state index in [1.165, 1.54) is 4.91 Å². The Hall–Kier alpha value is -1.02. The first-order chi connectivity index (χ1) is 6.33. The molecule has 0 heterocycles. The van der Waals surface area contributed by atoms with Crippen molar-refractivity contribution in [3.05, 3.63) is 41.5 Å². The fourth-order valence-electron chi connectivity index (χ4n) is 1.54. The fraction of sp³-hybridized carbons (Fsp3) is 0.182. The molecule has 0 amide bonds. The summed E-state index contributed by atoms with van der Waals surface area (Å²) in [6, 6.07) is 7.80. The first-order valence-electron chi connectivity index (χ1n) is 4.19. The molecule has 0 fully saturated rings. The van der Waals surface area contributed by atoms with Crippen molar-refractivity contribution in [3.8, 4) is 0 Å². The van der Waals surface area contributed by atoms with Crippen molar-refractivity contribution < 1.29 is 4.79 Å². The highest BCUT2D eigenvalue weighted by atomic mass is 32.2. The number of thioether (sulfide) groups is 1. The van der Waals surface area contributed by atoms with Gasteiger partial charge in [0.2, 0.25) is 0 Å². The Morgan fingerprint density at radius 3 is 2.62 bits per heavy atom. The standard InChI is InChI=1S/C11H10OS/c1-13-11-7-6-10(12)8-4-2-3-5-9(8)11/h2-5,7H,6H2,1H3. The number of ketones is 1. The van der Waals surface area contributed by atoms with Crippen LogP contribution in [0.3, 0.4) is 0 Å². The summed E-state index contributed by atoms with van der Waals surface area (Å²) in [5.41, 5.74) is 1.96. The molecule has 66 valence electrons. The lowest BCUT2D eigenvalue weighted by Gasteiger charge is -2.14. The molecule has 0 saturated carbocycles. The van der Waals surface area contributed by atoms with Crippen LogP contribution in [0.1, 0.15) is 22.3 Å². The average Bonchev–Trinajstić information content (AvgIpc) is 2.19. The zero-order valence-electron chi connectivity index (χ0n) is 7.41. The molecule has 2 rings (SSSR count). The molecular formula is C11H10OS. The Kier molecular flexibility index (Phi) is 2.23. The van der Waals surface area contributed by atoms with Crippen molar-refractivity contribution >= 4 is 22.5 Å². The lowest BCUT2D eigenvalue weighted by Crippen LogP contribution is -2.05. The van der Waals surface area contributed by atoms with Gasteiger partial charge in [-0.05, 0) is 11.8 Å². The van der Waals surface area contributed by atoms with Crippen LogP contribution in [-0.2, 0) is 0 Å². The van der Waals surface area contributed by atoms with Gasteiger partial charge in [-0.25, -0.2) is 0 Å². The predicted octanol–water partition coefficient (Wildman–Crippen LogP) is 2.98. The van der Waals surface area contributed by atoms with Gasteiger partial charge in [-0.2, -0.15) is 0 Å². The number of allylic oxidation sites excluding steroid dienone is 1. The van der Waals surface area contributed by atoms with Crippen LogP contribution in [0.15, 0.2) is 30.3 Å². The topological polar surface area (TPSA) is 17.1 Å². The van der Waals surface area contributed by atoms with Gasteiger partial charge in [0.1, 0.15) is 0 Å². The SMILES string of the molecule is CSC1=CCC(=O)c2ccccc21. The predicted molar refractivity (Wildman–Crippen MR) is 56.9 cm³/mol. The molecule has 0 N–H and O–H groups in total. The van der Waals surface area contributed by atoms with Crippen molar-refractivity contribution in [1.82, 2.24) is 0 Å². The second kappa shape index (κ2) is 3.38. The maximum absolute atomic E-state index is 11.5. The summed E-state index contributed by atoms with van der Waals surface area (Å²) in [5, 5.41) is 0. The van der Waals surface area contributed by atoms with Crippen molar-refractivity contribution in [1.29, 1.82) is 0 Å². The van der Waals surface area contributed by atoms with Crippen molar-refractivity contribution in [3.63, 3.8) is 0 Å². The molecule has 0 radical (unpaired) electrons. The monoisotopic (exact) mass is 190 g/mol. The number of fused-ring (bicyclic) bond motifs is 1. The first-order valence-corrected chi connectivity index (χ1v) is 5.42. The van der Waals surface area contributed by atoms with E-state index in [4.69, 9.17) is 0 Å². The minimum absolute atomic E-state index is 0.230. The lowest BCUT2D eigenvalue weighted by molar-refractivity contribution is 0.0994. The molecule has 1 aromatic rings. The molecule has 0 aromatic heterocycles. The summed E-state index contributed by atoms with van der Waals surface area (Å²) in [5.74, 6) is 0.230. The van der Waals surface area contributed by atoms with Gasteiger partial charge in [-0.15, -0.1) is 11.8 Å². The first kappa shape index (κ1) is 8.57. The number of carbonyl (C=O) groups excluding carboxylic acids is 1. The summed E-state index contributed by atoms with van der Waals surface area (Å²) in [6.07, 6.45) is 4.60. The quantitative estimate of drug-likeness (QED) is 0.677. The number of Topliss-reactive ketones (excluding diaryl/α,β-unsaturated/α-hetero) is 1. The number of rotatable bonds is 1. The van der Waals surface area contributed by atoms with Crippen molar-refractivity contribution in [2.24, 2.45) is 0 Å². The normalized spacial score (nSPS) is 15.2. The number of hydrogen-bond donors (Lipinski definition) is 0. The van der Waals surface area contributed by atoms with Crippen LogP contribution in [0, 0.1) is 0 Å². The molecular weight excluding hydrogens is 180 g/mol. The van der Waals surface area contributed by atoms with Crippen LogP contribution in [0.2, 0.25) is 0 Å². The number of benzene rings is 1. The van der Waals surface area contributed by atoms with Crippen LogP contribution in [-0.4, -0.2) is 12.0 Å². The zero-order valence-corrected chi connectivity index (χ0v) is 8.23. The summed E-state index contributed by atoms with van der Waals surface area (Å²) >= 11 is 1.70. The second-order valence-electron chi connectivity index (χ2n) is 2.95. The maximum atomic E-state index is 11.5. The molecule has 1 aliphatic carbocycles. The van der Waals surface area contributed by atoms with Crippen LogP contribution in [0.4, 0.5) is 0 Å². The minimum atomic E-state index is 0.230. The largest absolute Gasteiger partial charge is 0.294 e. The molecule has 0 spiro atoms. The Labute approximate surface area is 81.8 Å². The van der Waals surface area contributed by atoms with E-state index in [9.17, 15) is 4.79 Å². The fourth-order valence-corrected chi connectivity index (χ4v) is 2.19. The summed E-state index contributed by atoms with van der Waals surface area (Å²) in [6.45, 7) is 0. The molecule has 1 aromatic carbocycles. The van der Waals surface area contributed by atoms with E-state index in [2.05, 4.69) is 0 Å².